The Morgan fingerprint density at radius 3 is 2.75 bits per heavy atom. The van der Waals surface area contributed by atoms with Crippen molar-refractivity contribution in [3.63, 3.8) is 0 Å². The van der Waals surface area contributed by atoms with Crippen LogP contribution in [-0.4, -0.2) is 27.7 Å². The van der Waals surface area contributed by atoms with Crippen molar-refractivity contribution in [1.29, 1.82) is 0 Å². The zero-order valence-electron chi connectivity index (χ0n) is 13.6. The molecular weight excluding hydrogens is 322 g/mol. The number of benzene rings is 1. The van der Waals surface area contributed by atoms with E-state index in [1.54, 1.807) is 11.8 Å². The molecule has 3 N–H and O–H groups in total. The fraction of sp³-hybridized carbons (Fsp3) is 0.278. The fourth-order valence-electron chi connectivity index (χ4n) is 2.35. The van der Waals surface area contributed by atoms with Gasteiger partial charge in [-0.25, -0.2) is 0 Å². The molecule has 0 aliphatic carbocycles. The van der Waals surface area contributed by atoms with E-state index in [4.69, 9.17) is 9.52 Å². The predicted octanol–water partition coefficient (Wildman–Crippen LogP) is 4.06. The highest BCUT2D eigenvalue weighted by molar-refractivity contribution is 7.99. The average Bonchev–Trinajstić information content (AvgIpc) is 3.23. The van der Waals surface area contributed by atoms with Gasteiger partial charge in [0.1, 0.15) is 11.5 Å². The maximum absolute atomic E-state index is 8.82. The summed E-state index contributed by atoms with van der Waals surface area (Å²) >= 11 is 1.76. The Bertz CT molecular complexity index is 765. The molecule has 0 amide bonds. The molecule has 0 spiro atoms. The third kappa shape index (κ3) is 4.21. The third-order valence-corrected chi connectivity index (χ3v) is 4.71. The molecule has 1 aromatic carbocycles. The van der Waals surface area contributed by atoms with E-state index < -0.39 is 0 Å². The van der Waals surface area contributed by atoms with E-state index in [0.29, 0.717) is 6.54 Å². The number of aliphatic hydroxyl groups is 1. The summed E-state index contributed by atoms with van der Waals surface area (Å²) in [5, 5.41) is 19.4. The van der Waals surface area contributed by atoms with E-state index in [0.717, 1.165) is 40.6 Å². The van der Waals surface area contributed by atoms with Crippen LogP contribution < -0.4 is 5.32 Å². The number of anilines is 1. The van der Waals surface area contributed by atoms with Gasteiger partial charge in [0.2, 0.25) is 0 Å². The van der Waals surface area contributed by atoms with E-state index in [-0.39, 0.29) is 6.61 Å². The first-order chi connectivity index (χ1) is 11.8. The molecule has 2 heterocycles. The van der Waals surface area contributed by atoms with Gasteiger partial charge in [-0.1, -0.05) is 0 Å². The molecule has 0 atom stereocenters. The molecule has 0 fully saturated rings. The van der Waals surface area contributed by atoms with Gasteiger partial charge in [0.05, 0.1) is 6.20 Å². The zero-order chi connectivity index (χ0) is 16.8. The van der Waals surface area contributed by atoms with Crippen molar-refractivity contribution in [2.75, 3.05) is 17.7 Å². The van der Waals surface area contributed by atoms with Crippen LogP contribution in [-0.2, 0) is 6.54 Å². The molecule has 3 aromatic rings. The summed E-state index contributed by atoms with van der Waals surface area (Å²) in [7, 11) is 0. The summed E-state index contributed by atoms with van der Waals surface area (Å²) in [6.45, 7) is 2.84. The van der Waals surface area contributed by atoms with Crippen molar-refractivity contribution < 1.29 is 9.52 Å². The third-order valence-electron chi connectivity index (χ3n) is 3.61. The number of rotatable bonds is 8. The van der Waals surface area contributed by atoms with Crippen LogP contribution in [0, 0.1) is 6.92 Å². The number of H-pyrrole nitrogens is 1. The van der Waals surface area contributed by atoms with Gasteiger partial charge in [-0.15, -0.1) is 11.8 Å². The Morgan fingerprint density at radius 2 is 2.04 bits per heavy atom. The van der Waals surface area contributed by atoms with Crippen LogP contribution in [0.2, 0.25) is 0 Å². The Morgan fingerprint density at radius 1 is 1.21 bits per heavy atom. The molecule has 0 radical (unpaired) electrons. The molecule has 126 valence electrons. The summed E-state index contributed by atoms with van der Waals surface area (Å²) in [5.41, 5.74) is 3.03. The van der Waals surface area contributed by atoms with Gasteiger partial charge in [-0.3, -0.25) is 5.10 Å². The van der Waals surface area contributed by atoms with Crippen LogP contribution in [0.5, 0.6) is 0 Å². The average molecular weight is 343 g/mol. The van der Waals surface area contributed by atoms with Crippen LogP contribution >= 0.6 is 11.8 Å². The summed E-state index contributed by atoms with van der Waals surface area (Å²) in [6, 6.07) is 12.2. The number of aromatic nitrogens is 2. The first-order valence-electron chi connectivity index (χ1n) is 7.93. The van der Waals surface area contributed by atoms with E-state index in [1.807, 2.05) is 25.3 Å². The van der Waals surface area contributed by atoms with Crippen LogP contribution in [0.3, 0.4) is 0 Å². The number of furan rings is 1. The first kappa shape index (κ1) is 16.7. The molecule has 3 rings (SSSR count). The molecule has 0 aliphatic heterocycles. The number of aromatic amines is 1. The van der Waals surface area contributed by atoms with Gasteiger partial charge in [0.15, 0.2) is 5.76 Å². The highest BCUT2D eigenvalue weighted by atomic mass is 32.2. The highest BCUT2D eigenvalue weighted by Gasteiger charge is 2.10. The zero-order valence-corrected chi connectivity index (χ0v) is 14.4. The number of nitrogens with one attached hydrogen (secondary N) is 2. The molecule has 0 bridgehead atoms. The van der Waals surface area contributed by atoms with Crippen LogP contribution in [0.4, 0.5) is 5.69 Å². The molecule has 0 saturated heterocycles. The predicted molar refractivity (Wildman–Crippen MR) is 97.2 cm³/mol. The lowest BCUT2D eigenvalue weighted by Gasteiger charge is -2.07. The quantitative estimate of drug-likeness (QED) is 0.425. The summed E-state index contributed by atoms with van der Waals surface area (Å²) in [4.78, 5) is 1.21. The highest BCUT2D eigenvalue weighted by Crippen LogP contribution is 2.25. The van der Waals surface area contributed by atoms with Crippen LogP contribution in [0.25, 0.3) is 11.5 Å². The van der Waals surface area contributed by atoms with Crippen molar-refractivity contribution in [3.05, 3.63) is 53.9 Å². The minimum atomic E-state index is 0.245. The second-order valence-electron chi connectivity index (χ2n) is 5.48. The normalized spacial score (nSPS) is 10.9. The Hall–Kier alpha value is -2.18. The van der Waals surface area contributed by atoms with Crippen molar-refractivity contribution in [2.45, 2.75) is 24.8 Å². The topological polar surface area (TPSA) is 74.1 Å². The van der Waals surface area contributed by atoms with Crippen molar-refractivity contribution in [1.82, 2.24) is 10.2 Å². The van der Waals surface area contributed by atoms with Crippen molar-refractivity contribution in [2.24, 2.45) is 0 Å². The first-order valence-corrected chi connectivity index (χ1v) is 8.91. The molecule has 24 heavy (non-hydrogen) atoms. The molecule has 2 aromatic heterocycles. The molecule has 0 saturated carbocycles. The molecular formula is C18H21N3O2S. The number of aryl methyl sites for hydroxylation is 1. The van der Waals surface area contributed by atoms with Gasteiger partial charge >= 0.3 is 0 Å². The van der Waals surface area contributed by atoms with E-state index in [1.165, 1.54) is 4.90 Å². The number of aliphatic hydroxyl groups excluding tert-OH is 1. The lowest BCUT2D eigenvalue weighted by molar-refractivity contribution is 0.296. The smallest absolute Gasteiger partial charge is 0.152 e. The maximum Gasteiger partial charge on any atom is 0.152 e. The van der Waals surface area contributed by atoms with Crippen molar-refractivity contribution in [3.8, 4) is 11.5 Å². The van der Waals surface area contributed by atoms with E-state index >= 15 is 0 Å². The monoisotopic (exact) mass is 343 g/mol. The van der Waals surface area contributed by atoms with Gasteiger partial charge in [-0.05, 0) is 49.7 Å². The lowest BCUT2D eigenvalue weighted by Crippen LogP contribution is -1.99. The minimum Gasteiger partial charge on any atom is -0.460 e. The van der Waals surface area contributed by atoms with Crippen molar-refractivity contribution >= 4 is 17.4 Å². The van der Waals surface area contributed by atoms with E-state index in [2.05, 4.69) is 39.8 Å². The van der Waals surface area contributed by atoms with Gasteiger partial charge in [0.25, 0.3) is 0 Å². The molecule has 0 unspecified atom stereocenters. The lowest BCUT2D eigenvalue weighted by atomic mass is 10.2. The number of nitrogens with zero attached hydrogens (tertiary/aromatic N) is 1. The molecule has 0 aliphatic rings. The van der Waals surface area contributed by atoms with Crippen LogP contribution in [0.15, 0.2) is 51.9 Å². The summed E-state index contributed by atoms with van der Waals surface area (Å²) in [6.07, 6.45) is 2.64. The number of thioether (sulfide) groups is 1. The van der Waals surface area contributed by atoms with Gasteiger partial charge in [-0.2, -0.15) is 5.10 Å². The second kappa shape index (κ2) is 8.08. The standard InChI is InChI=1S/C18H21N3O2S/c1-13-3-8-17(23-13)18-14(12-20-21-18)11-19-15-4-6-16(7-5-15)24-10-2-9-22/h3-8,12,19,22H,2,9-11H2,1H3,(H,20,21). The fourth-order valence-corrected chi connectivity index (χ4v) is 3.19. The minimum absolute atomic E-state index is 0.245. The summed E-state index contributed by atoms with van der Waals surface area (Å²) in [5.74, 6) is 2.62. The SMILES string of the molecule is Cc1ccc(-c2[nH]ncc2CNc2ccc(SCCCO)cc2)o1. The molecule has 6 heteroatoms. The summed E-state index contributed by atoms with van der Waals surface area (Å²) < 4.78 is 5.66. The second-order valence-corrected chi connectivity index (χ2v) is 6.65. The molecule has 5 nitrogen and oxygen atoms in total. The Balaban J connectivity index is 1.59. The largest absolute Gasteiger partial charge is 0.460 e. The number of hydrogen-bond donors (Lipinski definition) is 3. The van der Waals surface area contributed by atoms with Gasteiger partial charge < -0.3 is 14.8 Å². The van der Waals surface area contributed by atoms with E-state index in [9.17, 15) is 0 Å². The Kier molecular flexibility index (Phi) is 5.61. The number of hydrogen-bond acceptors (Lipinski definition) is 5. The van der Waals surface area contributed by atoms with Crippen LogP contribution in [0.1, 0.15) is 17.7 Å². The van der Waals surface area contributed by atoms with Gasteiger partial charge in [0, 0.05) is 35.1 Å². The Labute approximate surface area is 145 Å². The maximum atomic E-state index is 8.82.